The van der Waals surface area contributed by atoms with E-state index in [4.69, 9.17) is 0 Å². The Kier molecular flexibility index (Phi) is 4.56. The number of piperazine rings is 1. The molecular weight excluding hydrogens is 272 g/mol. The number of nitrogens with one attached hydrogen (secondary N) is 1. The van der Waals surface area contributed by atoms with E-state index in [-0.39, 0.29) is 11.5 Å². The zero-order valence-corrected chi connectivity index (χ0v) is 12.9. The predicted octanol–water partition coefficient (Wildman–Crippen LogP) is 1.35. The van der Waals surface area contributed by atoms with Crippen LogP contribution in [0.2, 0.25) is 0 Å². The van der Waals surface area contributed by atoms with Gasteiger partial charge in [0.05, 0.1) is 4.92 Å². The predicted molar refractivity (Wildman–Crippen MR) is 81.8 cm³/mol. The van der Waals surface area contributed by atoms with Gasteiger partial charge in [0.25, 0.3) is 0 Å². The summed E-state index contributed by atoms with van der Waals surface area (Å²) in [7, 11) is 2.07. The number of anilines is 2. The molecule has 0 aromatic carbocycles. The van der Waals surface area contributed by atoms with Crippen LogP contribution in [0.15, 0.2) is 6.33 Å². The van der Waals surface area contributed by atoms with E-state index in [2.05, 4.69) is 41.1 Å². The molecule has 1 aliphatic rings. The fraction of sp³-hybridized carbons (Fsp3) is 0.692. The second-order valence-corrected chi connectivity index (χ2v) is 5.45. The Bertz CT molecular complexity index is 511. The Balaban J connectivity index is 2.39. The minimum atomic E-state index is -0.402. The molecule has 1 aromatic rings. The first-order chi connectivity index (χ1) is 9.95. The van der Waals surface area contributed by atoms with Gasteiger partial charge in [0.15, 0.2) is 0 Å². The van der Waals surface area contributed by atoms with E-state index in [0.29, 0.717) is 37.5 Å². The van der Waals surface area contributed by atoms with Crippen molar-refractivity contribution in [3.63, 3.8) is 0 Å². The fourth-order valence-electron chi connectivity index (χ4n) is 2.64. The summed E-state index contributed by atoms with van der Waals surface area (Å²) >= 11 is 0. The maximum Gasteiger partial charge on any atom is 0.353 e. The Hall–Kier alpha value is -1.96. The summed E-state index contributed by atoms with van der Waals surface area (Å²) in [6.07, 6.45) is 1.38. The maximum atomic E-state index is 11.4. The molecule has 1 aromatic heterocycles. The summed E-state index contributed by atoms with van der Waals surface area (Å²) in [5, 5.41) is 14.4. The first-order valence-electron chi connectivity index (χ1n) is 7.15. The van der Waals surface area contributed by atoms with E-state index in [0.717, 1.165) is 0 Å². The Morgan fingerprint density at radius 1 is 1.38 bits per heavy atom. The zero-order chi connectivity index (χ0) is 15.6. The largest absolute Gasteiger partial charge is 0.364 e. The zero-order valence-electron chi connectivity index (χ0n) is 12.9. The van der Waals surface area contributed by atoms with Crippen molar-refractivity contribution in [3.8, 4) is 0 Å². The van der Waals surface area contributed by atoms with Crippen LogP contribution in [-0.4, -0.2) is 58.6 Å². The molecule has 0 amide bonds. The summed E-state index contributed by atoms with van der Waals surface area (Å²) in [6.45, 7) is 8.11. The van der Waals surface area contributed by atoms with Gasteiger partial charge in [-0.1, -0.05) is 0 Å². The molecule has 21 heavy (non-hydrogen) atoms. The summed E-state index contributed by atoms with van der Waals surface area (Å²) in [5.41, 5.74) is -0.0386. The van der Waals surface area contributed by atoms with Crippen molar-refractivity contribution in [1.29, 1.82) is 0 Å². The number of rotatable bonds is 4. The molecule has 8 heteroatoms. The van der Waals surface area contributed by atoms with Crippen molar-refractivity contribution in [2.75, 3.05) is 36.9 Å². The molecule has 1 fully saturated rings. The highest BCUT2D eigenvalue weighted by Gasteiger charge is 2.33. The quantitative estimate of drug-likeness (QED) is 0.662. The van der Waals surface area contributed by atoms with E-state index >= 15 is 0 Å². The van der Waals surface area contributed by atoms with Crippen LogP contribution in [0.1, 0.15) is 20.8 Å². The molecule has 2 unspecified atom stereocenters. The van der Waals surface area contributed by atoms with Gasteiger partial charge in [0, 0.05) is 31.7 Å². The Labute approximate surface area is 124 Å². The van der Waals surface area contributed by atoms with Crippen molar-refractivity contribution < 1.29 is 4.92 Å². The SMILES string of the molecule is CCNc1ncnc(N2CC(C)N(C)C(C)C2)c1[N+](=O)[O-]. The maximum absolute atomic E-state index is 11.4. The lowest BCUT2D eigenvalue weighted by atomic mass is 10.1. The van der Waals surface area contributed by atoms with Gasteiger partial charge in [-0.3, -0.25) is 15.0 Å². The smallest absolute Gasteiger partial charge is 0.353 e. The number of nitrogens with zero attached hydrogens (tertiary/aromatic N) is 5. The molecule has 1 saturated heterocycles. The summed E-state index contributed by atoms with van der Waals surface area (Å²) < 4.78 is 0. The van der Waals surface area contributed by atoms with Gasteiger partial charge >= 0.3 is 5.69 Å². The summed E-state index contributed by atoms with van der Waals surface area (Å²) in [4.78, 5) is 23.5. The summed E-state index contributed by atoms with van der Waals surface area (Å²) in [5.74, 6) is 0.685. The number of hydrogen-bond acceptors (Lipinski definition) is 7. The molecule has 2 atom stereocenters. The molecule has 2 rings (SSSR count). The molecule has 0 aliphatic carbocycles. The van der Waals surface area contributed by atoms with Crippen LogP contribution in [0.4, 0.5) is 17.3 Å². The van der Waals surface area contributed by atoms with Gasteiger partial charge in [0.2, 0.25) is 11.6 Å². The second-order valence-electron chi connectivity index (χ2n) is 5.45. The molecule has 1 aliphatic heterocycles. The average molecular weight is 294 g/mol. The lowest BCUT2D eigenvalue weighted by molar-refractivity contribution is -0.383. The van der Waals surface area contributed by atoms with E-state index in [1.165, 1.54) is 6.33 Å². The summed E-state index contributed by atoms with van der Waals surface area (Å²) in [6, 6.07) is 0.622. The normalized spacial score (nSPS) is 23.1. The van der Waals surface area contributed by atoms with Crippen LogP contribution >= 0.6 is 0 Å². The van der Waals surface area contributed by atoms with Crippen LogP contribution in [0.25, 0.3) is 0 Å². The first-order valence-corrected chi connectivity index (χ1v) is 7.15. The number of likely N-dealkylation sites (N-methyl/N-ethyl adjacent to an activating group) is 1. The third-order valence-electron chi connectivity index (χ3n) is 3.99. The molecule has 0 saturated carbocycles. The van der Waals surface area contributed by atoms with Crippen molar-refractivity contribution in [2.45, 2.75) is 32.9 Å². The van der Waals surface area contributed by atoms with Gasteiger partial charge in [0.1, 0.15) is 6.33 Å². The lowest BCUT2D eigenvalue weighted by Crippen LogP contribution is -2.55. The van der Waals surface area contributed by atoms with E-state index in [1.807, 2.05) is 11.8 Å². The van der Waals surface area contributed by atoms with Gasteiger partial charge in [-0.25, -0.2) is 9.97 Å². The van der Waals surface area contributed by atoms with Crippen LogP contribution in [0.5, 0.6) is 0 Å². The standard InChI is InChI=1S/C13H22N6O2/c1-5-14-12-11(19(20)21)13(16-8-15-12)18-6-9(2)17(4)10(3)7-18/h8-10H,5-7H2,1-4H3,(H,14,15,16). The Morgan fingerprint density at radius 2 is 2.00 bits per heavy atom. The molecule has 2 heterocycles. The minimum absolute atomic E-state index is 0.0386. The molecule has 0 radical (unpaired) electrons. The minimum Gasteiger partial charge on any atom is -0.364 e. The van der Waals surface area contributed by atoms with Crippen LogP contribution in [0.3, 0.4) is 0 Å². The highest BCUT2D eigenvalue weighted by molar-refractivity contribution is 5.70. The number of nitro groups is 1. The highest BCUT2D eigenvalue weighted by atomic mass is 16.6. The topological polar surface area (TPSA) is 87.4 Å². The Morgan fingerprint density at radius 3 is 2.52 bits per heavy atom. The molecule has 0 bridgehead atoms. The third kappa shape index (κ3) is 3.05. The van der Waals surface area contributed by atoms with Crippen LogP contribution < -0.4 is 10.2 Å². The van der Waals surface area contributed by atoms with E-state index in [1.54, 1.807) is 0 Å². The third-order valence-corrected chi connectivity index (χ3v) is 3.99. The van der Waals surface area contributed by atoms with Crippen molar-refractivity contribution in [1.82, 2.24) is 14.9 Å². The van der Waals surface area contributed by atoms with Crippen molar-refractivity contribution in [3.05, 3.63) is 16.4 Å². The molecule has 1 N–H and O–H groups in total. The molecule has 8 nitrogen and oxygen atoms in total. The van der Waals surface area contributed by atoms with Gasteiger partial charge in [-0.05, 0) is 27.8 Å². The lowest BCUT2D eigenvalue weighted by Gasteiger charge is -2.42. The van der Waals surface area contributed by atoms with E-state index < -0.39 is 4.92 Å². The van der Waals surface area contributed by atoms with Crippen molar-refractivity contribution >= 4 is 17.3 Å². The number of aromatic nitrogens is 2. The van der Waals surface area contributed by atoms with Crippen LogP contribution in [0, 0.1) is 10.1 Å². The molecule has 116 valence electrons. The van der Waals surface area contributed by atoms with Crippen LogP contribution in [-0.2, 0) is 0 Å². The number of hydrogen-bond donors (Lipinski definition) is 1. The van der Waals surface area contributed by atoms with Crippen molar-refractivity contribution in [2.24, 2.45) is 0 Å². The average Bonchev–Trinajstić information content (AvgIpc) is 2.44. The first kappa shape index (κ1) is 15.4. The highest BCUT2D eigenvalue weighted by Crippen LogP contribution is 2.33. The van der Waals surface area contributed by atoms with Gasteiger partial charge in [-0.15, -0.1) is 0 Å². The van der Waals surface area contributed by atoms with Gasteiger partial charge in [-0.2, -0.15) is 0 Å². The second kappa shape index (κ2) is 6.21. The fourth-order valence-corrected chi connectivity index (χ4v) is 2.64. The molecule has 0 spiro atoms. The van der Waals surface area contributed by atoms with Gasteiger partial charge < -0.3 is 10.2 Å². The molecular formula is C13H22N6O2. The van der Waals surface area contributed by atoms with E-state index in [9.17, 15) is 10.1 Å². The monoisotopic (exact) mass is 294 g/mol.